The summed E-state index contributed by atoms with van der Waals surface area (Å²) in [5, 5.41) is 0. The molecule has 1 heterocycles. The molecule has 0 fully saturated rings. The van der Waals surface area contributed by atoms with Gasteiger partial charge in [0.1, 0.15) is 0 Å². The maximum absolute atomic E-state index is 11.6. The molecule has 4 heteroatoms. The van der Waals surface area contributed by atoms with Crippen LogP contribution in [0.5, 0.6) is 0 Å². The van der Waals surface area contributed by atoms with Gasteiger partial charge in [0.05, 0.1) is 0 Å². The van der Waals surface area contributed by atoms with Crippen molar-refractivity contribution in [3.8, 4) is 0 Å². The molecule has 0 spiro atoms. The molecule has 0 bridgehead atoms. The van der Waals surface area contributed by atoms with E-state index in [2.05, 4.69) is 9.97 Å². The highest BCUT2D eigenvalue weighted by Crippen LogP contribution is 2.22. The summed E-state index contributed by atoms with van der Waals surface area (Å²) < 4.78 is 0. The number of benzene rings is 1. The lowest BCUT2D eigenvalue weighted by Crippen LogP contribution is -2.30. The quantitative estimate of drug-likeness (QED) is 0.574. The Labute approximate surface area is 91.0 Å². The predicted octanol–water partition coefficient (Wildman–Crippen LogP) is 0.558. The summed E-state index contributed by atoms with van der Waals surface area (Å²) in [4.78, 5) is 27.7. The summed E-state index contributed by atoms with van der Waals surface area (Å²) in [7, 11) is 0. The molecule has 1 aromatic carbocycles. The smallest absolute Gasteiger partial charge is 0.311 e. The Hall–Kier alpha value is -2.10. The van der Waals surface area contributed by atoms with Crippen LogP contribution in [0.2, 0.25) is 0 Å². The summed E-state index contributed by atoms with van der Waals surface area (Å²) in [6.07, 6.45) is 1.22. The number of fused-ring (bicyclic) bond motifs is 2. The summed E-state index contributed by atoms with van der Waals surface area (Å²) in [6.45, 7) is 0. The minimum absolute atomic E-state index is 0.270. The molecule has 4 nitrogen and oxygen atoms in total. The monoisotopic (exact) mass is 214 g/mol. The van der Waals surface area contributed by atoms with Crippen LogP contribution in [0, 0.1) is 0 Å². The highest BCUT2D eigenvalue weighted by atomic mass is 16.2. The number of H-pyrrole nitrogens is 2. The maximum atomic E-state index is 11.6. The van der Waals surface area contributed by atoms with Crippen molar-refractivity contribution in [3.05, 3.63) is 67.5 Å². The van der Waals surface area contributed by atoms with Crippen LogP contribution >= 0.6 is 0 Å². The van der Waals surface area contributed by atoms with Crippen molar-refractivity contribution in [1.82, 2.24) is 9.97 Å². The molecule has 0 radical (unpaired) electrons. The second-order valence-corrected chi connectivity index (χ2v) is 3.99. The van der Waals surface area contributed by atoms with Crippen LogP contribution < -0.4 is 11.2 Å². The van der Waals surface area contributed by atoms with Gasteiger partial charge in [-0.05, 0) is 11.1 Å². The zero-order chi connectivity index (χ0) is 11.1. The largest absolute Gasteiger partial charge is 0.325 e. The second kappa shape index (κ2) is 3.20. The third kappa shape index (κ3) is 1.31. The lowest BCUT2D eigenvalue weighted by molar-refractivity contribution is 0.864. The van der Waals surface area contributed by atoms with Gasteiger partial charge in [-0.2, -0.15) is 0 Å². The lowest BCUT2D eigenvalue weighted by atomic mass is 9.90. The zero-order valence-corrected chi connectivity index (χ0v) is 8.54. The van der Waals surface area contributed by atoms with Crippen LogP contribution in [-0.2, 0) is 12.8 Å². The SMILES string of the molecule is O=c1[nH]c2c(c(=O)[nH]1)Cc1ccccc1C2. The maximum Gasteiger partial charge on any atom is 0.325 e. The number of hydrogen-bond donors (Lipinski definition) is 2. The van der Waals surface area contributed by atoms with Crippen molar-refractivity contribution in [2.24, 2.45) is 0 Å². The third-order valence-electron chi connectivity index (χ3n) is 2.98. The van der Waals surface area contributed by atoms with Crippen LogP contribution in [0.25, 0.3) is 0 Å². The Morgan fingerprint density at radius 2 is 1.62 bits per heavy atom. The van der Waals surface area contributed by atoms with Gasteiger partial charge in [0.15, 0.2) is 0 Å². The van der Waals surface area contributed by atoms with E-state index in [1.54, 1.807) is 0 Å². The Morgan fingerprint density at radius 3 is 2.38 bits per heavy atom. The normalized spacial score (nSPS) is 13.0. The molecule has 1 aliphatic carbocycles. The first kappa shape index (κ1) is 9.15. The number of aromatic nitrogens is 2. The van der Waals surface area contributed by atoms with Crippen molar-refractivity contribution < 1.29 is 0 Å². The second-order valence-electron chi connectivity index (χ2n) is 3.99. The molecule has 1 aromatic heterocycles. The fourth-order valence-corrected chi connectivity index (χ4v) is 2.18. The zero-order valence-electron chi connectivity index (χ0n) is 8.54. The molecule has 0 saturated carbocycles. The molecule has 80 valence electrons. The van der Waals surface area contributed by atoms with Crippen molar-refractivity contribution in [2.75, 3.05) is 0 Å². The molecule has 0 aliphatic heterocycles. The highest BCUT2D eigenvalue weighted by Gasteiger charge is 2.18. The van der Waals surface area contributed by atoms with Gasteiger partial charge in [-0.1, -0.05) is 24.3 Å². The van der Waals surface area contributed by atoms with E-state index in [0.29, 0.717) is 18.4 Å². The van der Waals surface area contributed by atoms with E-state index < -0.39 is 5.69 Å². The van der Waals surface area contributed by atoms with Gasteiger partial charge in [-0.3, -0.25) is 9.78 Å². The molecule has 16 heavy (non-hydrogen) atoms. The molecule has 0 unspecified atom stereocenters. The Morgan fingerprint density at radius 1 is 0.938 bits per heavy atom. The molecule has 1 aliphatic rings. The number of aromatic amines is 2. The van der Waals surface area contributed by atoms with Gasteiger partial charge in [0.2, 0.25) is 0 Å². The van der Waals surface area contributed by atoms with E-state index in [0.717, 1.165) is 11.3 Å². The summed E-state index contributed by atoms with van der Waals surface area (Å²) in [6, 6.07) is 7.97. The minimum atomic E-state index is -0.428. The average molecular weight is 214 g/mol. The molecule has 0 atom stereocenters. The van der Waals surface area contributed by atoms with Gasteiger partial charge in [-0.25, -0.2) is 4.79 Å². The lowest BCUT2D eigenvalue weighted by Gasteiger charge is -2.17. The topological polar surface area (TPSA) is 65.7 Å². The molecular weight excluding hydrogens is 204 g/mol. The van der Waals surface area contributed by atoms with Gasteiger partial charge in [0, 0.05) is 24.1 Å². The molecule has 0 amide bonds. The first-order valence-corrected chi connectivity index (χ1v) is 5.15. The van der Waals surface area contributed by atoms with Gasteiger partial charge >= 0.3 is 5.69 Å². The van der Waals surface area contributed by atoms with Gasteiger partial charge < -0.3 is 4.98 Å². The first-order chi connectivity index (χ1) is 7.74. The Balaban J connectivity index is 2.23. The predicted molar refractivity (Wildman–Crippen MR) is 59.7 cm³/mol. The summed E-state index contributed by atoms with van der Waals surface area (Å²) in [5.74, 6) is 0. The van der Waals surface area contributed by atoms with Crippen molar-refractivity contribution in [3.63, 3.8) is 0 Å². The van der Waals surface area contributed by atoms with E-state index in [1.165, 1.54) is 5.56 Å². The van der Waals surface area contributed by atoms with Crippen molar-refractivity contribution in [2.45, 2.75) is 12.8 Å². The fraction of sp³-hybridized carbons (Fsp3) is 0.167. The van der Waals surface area contributed by atoms with Crippen molar-refractivity contribution >= 4 is 0 Å². The molecule has 2 aromatic rings. The van der Waals surface area contributed by atoms with E-state index in [1.807, 2.05) is 24.3 Å². The van der Waals surface area contributed by atoms with Crippen molar-refractivity contribution in [1.29, 1.82) is 0 Å². The number of nitrogens with one attached hydrogen (secondary N) is 2. The van der Waals surface area contributed by atoms with Crippen LogP contribution in [0.4, 0.5) is 0 Å². The van der Waals surface area contributed by atoms with Crippen LogP contribution in [0.3, 0.4) is 0 Å². The van der Waals surface area contributed by atoms with Crippen LogP contribution in [0.1, 0.15) is 22.4 Å². The Bertz CT molecular complexity index is 667. The Kier molecular flexibility index (Phi) is 1.83. The minimum Gasteiger partial charge on any atom is -0.311 e. The molecule has 2 N–H and O–H groups in total. The van der Waals surface area contributed by atoms with E-state index in [-0.39, 0.29) is 5.56 Å². The summed E-state index contributed by atoms with van der Waals surface area (Å²) >= 11 is 0. The molecular formula is C12H10N2O2. The standard InChI is InChI=1S/C12H10N2O2/c15-11-9-5-7-3-1-2-4-8(7)6-10(9)13-12(16)14-11/h1-4H,5-6H2,(H2,13,14,15,16). The van der Waals surface area contributed by atoms with Crippen LogP contribution in [0.15, 0.2) is 33.9 Å². The van der Waals surface area contributed by atoms with E-state index in [4.69, 9.17) is 0 Å². The first-order valence-electron chi connectivity index (χ1n) is 5.15. The van der Waals surface area contributed by atoms with Gasteiger partial charge in [-0.15, -0.1) is 0 Å². The molecule has 0 saturated heterocycles. The fourth-order valence-electron chi connectivity index (χ4n) is 2.18. The summed E-state index contributed by atoms with van der Waals surface area (Å²) in [5.41, 5.74) is 3.06. The van der Waals surface area contributed by atoms with Crippen LogP contribution in [-0.4, -0.2) is 9.97 Å². The van der Waals surface area contributed by atoms with E-state index >= 15 is 0 Å². The number of hydrogen-bond acceptors (Lipinski definition) is 2. The average Bonchev–Trinajstić information content (AvgIpc) is 2.27. The third-order valence-corrected chi connectivity index (χ3v) is 2.98. The van der Waals surface area contributed by atoms with E-state index in [9.17, 15) is 9.59 Å². The number of rotatable bonds is 0. The highest BCUT2D eigenvalue weighted by molar-refractivity contribution is 5.41. The van der Waals surface area contributed by atoms with Gasteiger partial charge in [0.25, 0.3) is 5.56 Å². The molecule has 3 rings (SSSR count).